The van der Waals surface area contributed by atoms with Gasteiger partial charge in [0.15, 0.2) is 17.2 Å². The second kappa shape index (κ2) is 10.2. The minimum absolute atomic E-state index is 0.0220. The lowest BCUT2D eigenvalue weighted by molar-refractivity contribution is -0.142. The lowest BCUT2D eigenvalue weighted by Crippen LogP contribution is -2.16. The van der Waals surface area contributed by atoms with Crippen LogP contribution in [0.25, 0.3) is 16.9 Å². The van der Waals surface area contributed by atoms with Crippen molar-refractivity contribution in [3.63, 3.8) is 0 Å². The molecule has 0 saturated carbocycles. The Bertz CT molecular complexity index is 1700. The zero-order valence-corrected chi connectivity index (χ0v) is 21.9. The molecule has 3 aromatic heterocycles. The van der Waals surface area contributed by atoms with E-state index in [2.05, 4.69) is 20.5 Å². The summed E-state index contributed by atoms with van der Waals surface area (Å²) < 4.78 is 49.1. The Balaban J connectivity index is 1.47. The van der Waals surface area contributed by atoms with Crippen LogP contribution in [-0.4, -0.2) is 37.4 Å². The number of amides is 1. The number of hydrogen-bond donors (Lipinski definition) is 1. The molecule has 5 rings (SSSR count). The fourth-order valence-corrected chi connectivity index (χ4v) is 4.28. The summed E-state index contributed by atoms with van der Waals surface area (Å²) >= 11 is 12.1. The number of aryl methyl sites for hydroxylation is 1. The number of benzene rings is 2. The molecule has 0 aliphatic rings. The molecule has 5 aromatic rings. The lowest BCUT2D eigenvalue weighted by atomic mass is 10.1. The summed E-state index contributed by atoms with van der Waals surface area (Å²) in [4.78, 5) is 17.5. The number of nitrogens with one attached hydrogen (secondary N) is 1. The van der Waals surface area contributed by atoms with Crippen molar-refractivity contribution in [2.75, 3.05) is 12.4 Å². The number of fused-ring (bicyclic) bond motifs is 1. The van der Waals surface area contributed by atoms with Crippen LogP contribution in [0.5, 0.6) is 5.75 Å². The number of halogens is 5. The smallest absolute Gasteiger partial charge is 0.433 e. The summed E-state index contributed by atoms with van der Waals surface area (Å²) in [6, 6.07) is 14.1. The van der Waals surface area contributed by atoms with Crippen LogP contribution in [0.3, 0.4) is 0 Å². The Morgan fingerprint density at radius 3 is 2.46 bits per heavy atom. The molecule has 8 nitrogen and oxygen atoms in total. The first-order chi connectivity index (χ1) is 18.5. The average Bonchev–Trinajstić information content (AvgIpc) is 3.48. The summed E-state index contributed by atoms with van der Waals surface area (Å²) in [5.41, 5.74) is 0.537. The van der Waals surface area contributed by atoms with Crippen LogP contribution >= 0.6 is 23.2 Å². The van der Waals surface area contributed by atoms with E-state index >= 15 is 0 Å². The molecule has 1 amide bonds. The number of alkyl halides is 3. The molecule has 13 heteroatoms. The van der Waals surface area contributed by atoms with E-state index in [1.54, 1.807) is 60.1 Å². The van der Waals surface area contributed by atoms with E-state index in [0.29, 0.717) is 32.4 Å². The van der Waals surface area contributed by atoms with Gasteiger partial charge >= 0.3 is 6.18 Å². The molecule has 0 bridgehead atoms. The summed E-state index contributed by atoms with van der Waals surface area (Å²) in [5.74, 6) is 0.0325. The Morgan fingerprint density at radius 2 is 1.79 bits per heavy atom. The third-order valence-electron chi connectivity index (χ3n) is 5.93. The average molecular weight is 575 g/mol. The molecule has 200 valence electrons. The second-order valence-corrected chi connectivity index (χ2v) is 9.39. The molecule has 0 atom stereocenters. The van der Waals surface area contributed by atoms with Crippen molar-refractivity contribution in [2.24, 2.45) is 0 Å². The van der Waals surface area contributed by atoms with Crippen LogP contribution in [0, 0.1) is 6.92 Å². The highest BCUT2D eigenvalue weighted by Gasteiger charge is 2.36. The van der Waals surface area contributed by atoms with E-state index in [1.807, 2.05) is 0 Å². The van der Waals surface area contributed by atoms with Crippen LogP contribution in [0.2, 0.25) is 10.0 Å². The van der Waals surface area contributed by atoms with E-state index in [4.69, 9.17) is 27.9 Å². The molecule has 2 aromatic carbocycles. The van der Waals surface area contributed by atoms with Gasteiger partial charge in [0.25, 0.3) is 5.91 Å². The maximum Gasteiger partial charge on any atom is 0.433 e. The zero-order valence-electron chi connectivity index (χ0n) is 20.4. The lowest BCUT2D eigenvalue weighted by Gasteiger charge is -2.12. The highest BCUT2D eigenvalue weighted by atomic mass is 35.5. The quantitative estimate of drug-likeness (QED) is 0.249. The summed E-state index contributed by atoms with van der Waals surface area (Å²) in [6.07, 6.45) is -3.70. The number of ether oxygens (including phenoxy) is 1. The van der Waals surface area contributed by atoms with Crippen LogP contribution < -0.4 is 10.1 Å². The summed E-state index contributed by atoms with van der Waals surface area (Å²) in [6.45, 7) is 2.16. The van der Waals surface area contributed by atoms with Crippen molar-refractivity contribution >= 4 is 40.6 Å². The molecule has 39 heavy (non-hydrogen) atoms. The van der Waals surface area contributed by atoms with Crippen molar-refractivity contribution in [3.05, 3.63) is 93.4 Å². The van der Waals surface area contributed by atoms with Crippen LogP contribution in [-0.2, 0) is 12.7 Å². The maximum atomic E-state index is 13.9. The zero-order chi connectivity index (χ0) is 27.9. The topological polar surface area (TPSA) is 86.3 Å². The van der Waals surface area contributed by atoms with E-state index in [1.165, 1.54) is 7.11 Å². The van der Waals surface area contributed by atoms with Gasteiger partial charge in [0.1, 0.15) is 11.3 Å². The Labute approximate surface area is 229 Å². The molecular weight excluding hydrogens is 556 g/mol. The summed E-state index contributed by atoms with van der Waals surface area (Å²) in [5, 5.41) is 11.7. The highest BCUT2D eigenvalue weighted by Crippen LogP contribution is 2.33. The van der Waals surface area contributed by atoms with Gasteiger partial charge in [0.05, 0.1) is 35.6 Å². The predicted molar refractivity (Wildman–Crippen MR) is 140 cm³/mol. The largest absolute Gasteiger partial charge is 0.497 e. The number of carbonyl (C=O) groups is 1. The van der Waals surface area contributed by atoms with Crippen LogP contribution in [0.4, 0.5) is 19.0 Å². The SMILES string of the molecule is COc1ccc(-c2cc(C(F)(F)F)n3ncc(C(=O)Nc4cc(C)n(Cc5ccc(Cl)c(Cl)c5)n4)c3n2)cc1. The minimum Gasteiger partial charge on any atom is -0.497 e. The molecule has 0 fully saturated rings. The molecule has 0 aliphatic heterocycles. The molecule has 0 saturated heterocycles. The van der Waals surface area contributed by atoms with Crippen molar-refractivity contribution in [2.45, 2.75) is 19.6 Å². The predicted octanol–water partition coefficient (Wildman–Crippen LogP) is 6.54. The Kier molecular flexibility index (Phi) is 6.96. The van der Waals surface area contributed by atoms with Gasteiger partial charge in [-0.3, -0.25) is 9.48 Å². The normalized spacial score (nSPS) is 11.7. The third-order valence-corrected chi connectivity index (χ3v) is 6.67. The van der Waals surface area contributed by atoms with Gasteiger partial charge in [-0.1, -0.05) is 29.3 Å². The van der Waals surface area contributed by atoms with Gasteiger partial charge in [0, 0.05) is 17.3 Å². The van der Waals surface area contributed by atoms with Gasteiger partial charge < -0.3 is 10.1 Å². The standard InChI is InChI=1S/C26H19Cl2F3N6O2/c1-14-9-23(35-36(14)13-15-3-8-19(27)20(28)10-15)34-25(38)18-12-32-37-22(26(29,30)31)11-21(33-24(18)37)16-4-6-17(39-2)7-5-16/h3-12H,13H2,1-2H3,(H,34,35,38). The molecule has 0 unspecified atom stereocenters. The Hall–Kier alpha value is -4.09. The van der Waals surface area contributed by atoms with Crippen molar-refractivity contribution < 1.29 is 22.7 Å². The molecule has 0 aliphatic carbocycles. The molecule has 1 N–H and O–H groups in total. The van der Waals surface area contributed by atoms with Crippen molar-refractivity contribution in [3.8, 4) is 17.0 Å². The molecule has 0 spiro atoms. The van der Waals surface area contributed by atoms with Crippen LogP contribution in [0.15, 0.2) is 60.8 Å². The highest BCUT2D eigenvalue weighted by molar-refractivity contribution is 6.42. The fraction of sp³-hybridized carbons (Fsp3) is 0.154. The first kappa shape index (κ1) is 26.5. The number of rotatable bonds is 6. The minimum atomic E-state index is -4.75. The number of carbonyl (C=O) groups excluding carboxylic acids is 1. The van der Waals surface area contributed by atoms with E-state index in [-0.39, 0.29) is 22.7 Å². The van der Waals surface area contributed by atoms with E-state index in [0.717, 1.165) is 23.5 Å². The van der Waals surface area contributed by atoms with Gasteiger partial charge in [0.2, 0.25) is 0 Å². The molecule has 0 radical (unpaired) electrons. The monoisotopic (exact) mass is 574 g/mol. The first-order valence-electron chi connectivity index (χ1n) is 11.4. The van der Waals surface area contributed by atoms with Gasteiger partial charge in [-0.25, -0.2) is 9.50 Å². The first-order valence-corrected chi connectivity index (χ1v) is 12.2. The number of methoxy groups -OCH3 is 1. The third kappa shape index (κ3) is 5.41. The molecule has 3 heterocycles. The molecular formula is C26H19Cl2F3N6O2. The Morgan fingerprint density at radius 1 is 1.05 bits per heavy atom. The van der Waals surface area contributed by atoms with E-state index < -0.39 is 17.8 Å². The van der Waals surface area contributed by atoms with Crippen molar-refractivity contribution in [1.29, 1.82) is 0 Å². The van der Waals surface area contributed by atoms with Gasteiger partial charge in [-0.15, -0.1) is 0 Å². The summed E-state index contributed by atoms with van der Waals surface area (Å²) in [7, 11) is 1.48. The van der Waals surface area contributed by atoms with Crippen LogP contribution in [0.1, 0.15) is 27.3 Å². The fourth-order valence-electron chi connectivity index (χ4n) is 3.96. The van der Waals surface area contributed by atoms with Crippen molar-refractivity contribution in [1.82, 2.24) is 24.4 Å². The van der Waals surface area contributed by atoms with Gasteiger partial charge in [-0.05, 0) is 55.0 Å². The number of nitrogens with zero attached hydrogens (tertiary/aromatic N) is 5. The second-order valence-electron chi connectivity index (χ2n) is 8.58. The number of hydrogen-bond acceptors (Lipinski definition) is 5. The van der Waals surface area contributed by atoms with Gasteiger partial charge in [-0.2, -0.15) is 23.4 Å². The number of aromatic nitrogens is 5. The maximum absolute atomic E-state index is 13.9. The van der Waals surface area contributed by atoms with E-state index in [9.17, 15) is 18.0 Å². The number of anilines is 1.